The fourth-order valence-electron chi connectivity index (χ4n) is 4.85. The zero-order valence-electron chi connectivity index (χ0n) is 21.7. The molecule has 2 aromatic carbocycles. The van der Waals surface area contributed by atoms with Gasteiger partial charge in [-0.25, -0.2) is 4.79 Å². The molecule has 8 heteroatoms. The lowest BCUT2D eigenvalue weighted by atomic mass is 10.0. The lowest BCUT2D eigenvalue weighted by Crippen LogP contribution is -2.51. The van der Waals surface area contributed by atoms with Gasteiger partial charge in [0.25, 0.3) is 0 Å². The van der Waals surface area contributed by atoms with Crippen LogP contribution in [0.4, 0.5) is 4.79 Å². The van der Waals surface area contributed by atoms with Crippen molar-refractivity contribution >= 4 is 6.03 Å². The Hall–Kier alpha value is -3.13. The van der Waals surface area contributed by atoms with Gasteiger partial charge in [0.05, 0.1) is 27.9 Å². The van der Waals surface area contributed by atoms with Crippen molar-refractivity contribution in [2.75, 3.05) is 47.6 Å². The van der Waals surface area contributed by atoms with Gasteiger partial charge in [0.2, 0.25) is 0 Å². The van der Waals surface area contributed by atoms with Crippen LogP contribution in [0.1, 0.15) is 37.7 Å². The first-order valence-electron chi connectivity index (χ1n) is 12.9. The van der Waals surface area contributed by atoms with Crippen LogP contribution >= 0.6 is 0 Å². The molecule has 4 rings (SSSR count). The number of urea groups is 1. The summed E-state index contributed by atoms with van der Waals surface area (Å²) >= 11 is 0. The molecular weight excluding hydrogens is 458 g/mol. The second-order valence-electron chi connectivity index (χ2n) is 9.44. The van der Waals surface area contributed by atoms with Crippen molar-refractivity contribution in [1.29, 1.82) is 0 Å². The molecule has 2 aliphatic rings. The van der Waals surface area contributed by atoms with Crippen molar-refractivity contribution in [1.82, 2.24) is 15.1 Å². The number of methoxy groups -OCH3 is 3. The highest BCUT2D eigenvalue weighted by Gasteiger charge is 2.38. The lowest BCUT2D eigenvalue weighted by Gasteiger charge is -2.38. The smallest absolute Gasteiger partial charge is 0.318 e. The van der Waals surface area contributed by atoms with Gasteiger partial charge in [-0.05, 0) is 61.9 Å². The summed E-state index contributed by atoms with van der Waals surface area (Å²) in [6.45, 7) is 4.10. The third-order valence-electron chi connectivity index (χ3n) is 6.93. The van der Waals surface area contributed by atoms with E-state index in [2.05, 4.69) is 15.1 Å². The number of carbonyl (C=O) groups is 1. The number of hydrogen-bond donors (Lipinski definition) is 1. The van der Waals surface area contributed by atoms with Gasteiger partial charge in [-0.15, -0.1) is 0 Å². The molecule has 1 saturated carbocycles. The summed E-state index contributed by atoms with van der Waals surface area (Å²) in [5, 5.41) is 3.13. The predicted octanol–water partition coefficient (Wildman–Crippen LogP) is 4.32. The highest BCUT2D eigenvalue weighted by molar-refractivity contribution is 5.75. The fraction of sp³-hybridized carbons (Fsp3) is 0.536. The summed E-state index contributed by atoms with van der Waals surface area (Å²) in [5.41, 5.74) is 0.959. The molecular formula is C28H39N3O5. The summed E-state index contributed by atoms with van der Waals surface area (Å²) in [4.78, 5) is 17.8. The molecule has 0 atom stereocenters. The van der Waals surface area contributed by atoms with E-state index in [-0.39, 0.29) is 6.03 Å². The van der Waals surface area contributed by atoms with Crippen LogP contribution in [-0.2, 0) is 6.54 Å². The first-order valence-corrected chi connectivity index (χ1v) is 12.9. The molecule has 2 aromatic rings. The Bertz CT molecular complexity index is 967. The van der Waals surface area contributed by atoms with Gasteiger partial charge in [0, 0.05) is 44.3 Å². The normalized spacial score (nSPS) is 16.3. The third-order valence-corrected chi connectivity index (χ3v) is 6.93. The number of carbonyl (C=O) groups excluding carboxylic acids is 1. The summed E-state index contributed by atoms with van der Waals surface area (Å²) in [7, 11) is 4.92. The number of nitrogens with zero attached hydrogens (tertiary/aromatic N) is 2. The van der Waals surface area contributed by atoms with Gasteiger partial charge in [-0.1, -0.05) is 12.1 Å². The molecule has 1 heterocycles. The molecule has 1 saturated heterocycles. The minimum Gasteiger partial charge on any atom is -0.497 e. The Labute approximate surface area is 214 Å². The lowest BCUT2D eigenvalue weighted by molar-refractivity contribution is 0.112. The Morgan fingerprint density at radius 1 is 0.917 bits per heavy atom. The van der Waals surface area contributed by atoms with Gasteiger partial charge < -0.3 is 34.1 Å². The van der Waals surface area contributed by atoms with Crippen LogP contribution < -0.4 is 24.3 Å². The zero-order valence-corrected chi connectivity index (χ0v) is 21.7. The molecule has 0 bridgehead atoms. The minimum atomic E-state index is 0.0305. The Morgan fingerprint density at radius 2 is 1.56 bits per heavy atom. The van der Waals surface area contributed by atoms with Crippen LogP contribution in [0.25, 0.3) is 0 Å². The molecule has 1 aliphatic carbocycles. The molecule has 0 aromatic heterocycles. The third kappa shape index (κ3) is 6.97. The van der Waals surface area contributed by atoms with E-state index in [1.807, 2.05) is 42.5 Å². The minimum absolute atomic E-state index is 0.0305. The summed E-state index contributed by atoms with van der Waals surface area (Å²) in [6, 6.07) is 14.1. The van der Waals surface area contributed by atoms with Crippen molar-refractivity contribution in [2.24, 2.45) is 0 Å². The topological polar surface area (TPSA) is 72.5 Å². The maximum atomic E-state index is 13.2. The Kier molecular flexibility index (Phi) is 9.17. The molecule has 196 valence electrons. The molecule has 2 amide bonds. The summed E-state index contributed by atoms with van der Waals surface area (Å²) in [6.07, 6.45) is 5.16. The first kappa shape index (κ1) is 25.9. The van der Waals surface area contributed by atoms with E-state index in [1.165, 1.54) is 0 Å². The maximum absolute atomic E-state index is 13.2. The number of rotatable bonds is 12. The number of benzene rings is 2. The fourth-order valence-corrected chi connectivity index (χ4v) is 4.85. The van der Waals surface area contributed by atoms with Gasteiger partial charge in [-0.2, -0.15) is 0 Å². The molecule has 0 spiro atoms. The van der Waals surface area contributed by atoms with Crippen molar-refractivity contribution < 1.29 is 23.7 Å². The molecule has 0 unspecified atom stereocenters. The summed E-state index contributed by atoms with van der Waals surface area (Å²) in [5.74, 6) is 3.00. The van der Waals surface area contributed by atoms with Gasteiger partial charge >= 0.3 is 6.03 Å². The Morgan fingerprint density at radius 3 is 2.17 bits per heavy atom. The largest absolute Gasteiger partial charge is 0.497 e. The predicted molar refractivity (Wildman–Crippen MR) is 139 cm³/mol. The zero-order chi connectivity index (χ0) is 25.3. The quantitative estimate of drug-likeness (QED) is 0.441. The number of hydrogen-bond acceptors (Lipinski definition) is 6. The number of nitrogens with one attached hydrogen (secondary N) is 1. The van der Waals surface area contributed by atoms with E-state index >= 15 is 0 Å². The second kappa shape index (κ2) is 12.7. The van der Waals surface area contributed by atoms with E-state index in [0.29, 0.717) is 25.2 Å². The van der Waals surface area contributed by atoms with E-state index < -0.39 is 0 Å². The Balaban J connectivity index is 1.22. The molecule has 1 N–H and O–H groups in total. The van der Waals surface area contributed by atoms with Crippen molar-refractivity contribution in [2.45, 2.75) is 50.7 Å². The van der Waals surface area contributed by atoms with Crippen LogP contribution in [0.3, 0.4) is 0 Å². The number of amides is 2. The molecule has 2 fully saturated rings. The van der Waals surface area contributed by atoms with Crippen molar-refractivity contribution in [3.05, 3.63) is 48.0 Å². The first-order chi connectivity index (χ1) is 17.6. The number of para-hydroxylation sites is 2. The summed E-state index contributed by atoms with van der Waals surface area (Å²) < 4.78 is 22.0. The average Bonchev–Trinajstić information content (AvgIpc) is 3.76. The number of likely N-dealkylation sites (tertiary alicyclic amines) is 1. The van der Waals surface area contributed by atoms with E-state index in [0.717, 1.165) is 80.3 Å². The average molecular weight is 498 g/mol. The van der Waals surface area contributed by atoms with Gasteiger partial charge in [0.15, 0.2) is 11.5 Å². The molecule has 36 heavy (non-hydrogen) atoms. The standard InChI is InChI=1S/C28H39N3O5/c1-33-24-17-21(18-25(19-24)34-2)20-29-28(32)31(22-9-10-22)23-11-14-30(15-12-23)13-6-16-36-27-8-5-4-7-26(27)35-3/h4-5,7-8,17-19,22-23H,6,9-16,20H2,1-3H3,(H,29,32). The van der Waals surface area contributed by atoms with Crippen molar-refractivity contribution in [3.8, 4) is 23.0 Å². The SMILES string of the molecule is COc1cc(CNC(=O)N(C2CC2)C2CCN(CCCOc3ccccc3OC)CC2)cc(OC)c1. The van der Waals surface area contributed by atoms with Crippen LogP contribution in [0.15, 0.2) is 42.5 Å². The van der Waals surface area contributed by atoms with Crippen LogP contribution in [0, 0.1) is 0 Å². The van der Waals surface area contributed by atoms with Crippen LogP contribution in [-0.4, -0.2) is 75.5 Å². The monoisotopic (exact) mass is 497 g/mol. The van der Waals surface area contributed by atoms with Crippen LogP contribution in [0.2, 0.25) is 0 Å². The van der Waals surface area contributed by atoms with Crippen LogP contribution in [0.5, 0.6) is 23.0 Å². The molecule has 1 aliphatic heterocycles. The highest BCUT2D eigenvalue weighted by atomic mass is 16.5. The molecule has 8 nitrogen and oxygen atoms in total. The van der Waals surface area contributed by atoms with E-state index in [1.54, 1.807) is 21.3 Å². The maximum Gasteiger partial charge on any atom is 0.318 e. The van der Waals surface area contributed by atoms with Crippen molar-refractivity contribution in [3.63, 3.8) is 0 Å². The van der Waals surface area contributed by atoms with Gasteiger partial charge in [-0.3, -0.25) is 0 Å². The van der Waals surface area contributed by atoms with Gasteiger partial charge in [0.1, 0.15) is 11.5 Å². The highest BCUT2D eigenvalue weighted by Crippen LogP contribution is 2.32. The van der Waals surface area contributed by atoms with E-state index in [9.17, 15) is 4.79 Å². The number of piperidine rings is 1. The number of ether oxygens (including phenoxy) is 4. The second-order valence-corrected chi connectivity index (χ2v) is 9.44. The van der Waals surface area contributed by atoms with E-state index in [4.69, 9.17) is 18.9 Å². The molecule has 0 radical (unpaired) electrons.